The summed E-state index contributed by atoms with van der Waals surface area (Å²) >= 11 is 4.34. The third kappa shape index (κ3) is 1.99. The molecule has 0 saturated carbocycles. The van der Waals surface area contributed by atoms with Crippen LogP contribution in [-0.4, -0.2) is 12.0 Å². The van der Waals surface area contributed by atoms with Gasteiger partial charge >= 0.3 is 6.18 Å². The standard InChI is InChI=1S/C10H4BrF3OS/c11-5-1-2-6-7(4-16-8(6)3-5)9(15)10(12,13)14/h1-4H. The first-order chi connectivity index (χ1) is 7.39. The van der Waals surface area contributed by atoms with E-state index in [4.69, 9.17) is 0 Å². The van der Waals surface area contributed by atoms with Crippen LogP contribution in [0.2, 0.25) is 0 Å². The molecule has 0 fully saturated rings. The minimum absolute atomic E-state index is 0.278. The number of hydrogen-bond acceptors (Lipinski definition) is 2. The van der Waals surface area contributed by atoms with Crippen LogP contribution in [0, 0.1) is 0 Å². The highest BCUT2D eigenvalue weighted by Gasteiger charge is 2.40. The van der Waals surface area contributed by atoms with E-state index in [1.54, 1.807) is 12.1 Å². The summed E-state index contributed by atoms with van der Waals surface area (Å²) in [5.41, 5.74) is -0.278. The number of Topliss-reactive ketones (excluding diaryl/α,β-unsaturated/α-hetero) is 1. The minimum Gasteiger partial charge on any atom is -0.284 e. The number of carbonyl (C=O) groups is 1. The molecule has 2 rings (SSSR count). The topological polar surface area (TPSA) is 17.1 Å². The van der Waals surface area contributed by atoms with E-state index >= 15 is 0 Å². The average molecular weight is 309 g/mol. The maximum Gasteiger partial charge on any atom is 0.454 e. The number of rotatable bonds is 1. The van der Waals surface area contributed by atoms with Crippen LogP contribution in [0.25, 0.3) is 10.1 Å². The average Bonchev–Trinajstić information content (AvgIpc) is 2.57. The molecule has 0 unspecified atom stereocenters. The van der Waals surface area contributed by atoms with Gasteiger partial charge in [-0.2, -0.15) is 13.2 Å². The summed E-state index contributed by atoms with van der Waals surface area (Å²) in [5.74, 6) is -1.79. The Morgan fingerprint density at radius 2 is 2.00 bits per heavy atom. The van der Waals surface area contributed by atoms with E-state index in [2.05, 4.69) is 15.9 Å². The highest BCUT2D eigenvalue weighted by Crippen LogP contribution is 2.32. The van der Waals surface area contributed by atoms with Gasteiger partial charge in [0.25, 0.3) is 5.78 Å². The van der Waals surface area contributed by atoms with Gasteiger partial charge in [-0.05, 0) is 12.1 Å². The van der Waals surface area contributed by atoms with Crippen molar-refractivity contribution in [2.75, 3.05) is 0 Å². The Balaban J connectivity index is 2.59. The van der Waals surface area contributed by atoms with Crippen LogP contribution in [0.4, 0.5) is 13.2 Å². The van der Waals surface area contributed by atoms with Crippen LogP contribution >= 0.6 is 27.3 Å². The van der Waals surface area contributed by atoms with Gasteiger partial charge in [-0.15, -0.1) is 11.3 Å². The van der Waals surface area contributed by atoms with Crippen LogP contribution in [0.5, 0.6) is 0 Å². The summed E-state index contributed by atoms with van der Waals surface area (Å²) < 4.78 is 38.2. The van der Waals surface area contributed by atoms with E-state index in [0.29, 0.717) is 10.1 Å². The monoisotopic (exact) mass is 308 g/mol. The van der Waals surface area contributed by atoms with Crippen molar-refractivity contribution in [3.63, 3.8) is 0 Å². The van der Waals surface area contributed by atoms with Gasteiger partial charge in [-0.1, -0.05) is 22.0 Å². The van der Waals surface area contributed by atoms with Gasteiger partial charge in [-0.3, -0.25) is 4.79 Å². The Morgan fingerprint density at radius 1 is 1.31 bits per heavy atom. The number of thiophene rings is 1. The second-order valence-corrected chi connectivity index (χ2v) is 4.94. The summed E-state index contributed by atoms with van der Waals surface area (Å²) in [7, 11) is 0. The molecular weight excluding hydrogens is 305 g/mol. The second kappa shape index (κ2) is 3.85. The molecule has 1 aromatic heterocycles. The number of halogens is 4. The molecule has 0 amide bonds. The Kier molecular flexibility index (Phi) is 2.79. The van der Waals surface area contributed by atoms with Crippen LogP contribution in [0.3, 0.4) is 0 Å². The first-order valence-corrected chi connectivity index (χ1v) is 5.85. The number of carbonyl (C=O) groups excluding carboxylic acids is 1. The zero-order chi connectivity index (χ0) is 11.9. The van der Waals surface area contributed by atoms with Crippen molar-refractivity contribution in [3.8, 4) is 0 Å². The lowest BCUT2D eigenvalue weighted by Crippen LogP contribution is -2.22. The SMILES string of the molecule is O=C(c1csc2cc(Br)ccc12)C(F)(F)F. The lowest BCUT2D eigenvalue weighted by atomic mass is 10.1. The van der Waals surface area contributed by atoms with Crippen molar-refractivity contribution in [2.24, 2.45) is 0 Å². The van der Waals surface area contributed by atoms with E-state index in [1.165, 1.54) is 11.4 Å². The Bertz CT molecular complexity index is 559. The fourth-order valence-corrected chi connectivity index (χ4v) is 2.82. The van der Waals surface area contributed by atoms with E-state index in [0.717, 1.165) is 15.8 Å². The smallest absolute Gasteiger partial charge is 0.284 e. The molecule has 0 N–H and O–H groups in total. The van der Waals surface area contributed by atoms with E-state index < -0.39 is 12.0 Å². The van der Waals surface area contributed by atoms with E-state index in [-0.39, 0.29) is 5.56 Å². The third-order valence-electron chi connectivity index (χ3n) is 2.04. The molecule has 1 aromatic carbocycles. The number of benzene rings is 1. The predicted molar refractivity (Wildman–Crippen MR) is 59.9 cm³/mol. The largest absolute Gasteiger partial charge is 0.454 e. The molecule has 0 radical (unpaired) electrons. The summed E-state index contributed by atoms with van der Waals surface area (Å²) in [5, 5.41) is 1.59. The van der Waals surface area contributed by atoms with Crippen LogP contribution in [-0.2, 0) is 0 Å². The van der Waals surface area contributed by atoms with Crippen molar-refractivity contribution in [3.05, 3.63) is 33.6 Å². The van der Waals surface area contributed by atoms with Crippen molar-refractivity contribution in [1.82, 2.24) is 0 Å². The Morgan fingerprint density at radius 3 is 2.62 bits per heavy atom. The highest BCUT2D eigenvalue weighted by atomic mass is 79.9. The van der Waals surface area contributed by atoms with Crippen LogP contribution in [0.1, 0.15) is 10.4 Å². The molecular formula is C10H4BrF3OS. The molecule has 0 spiro atoms. The van der Waals surface area contributed by atoms with Gasteiger partial charge in [0, 0.05) is 25.5 Å². The fourth-order valence-electron chi connectivity index (χ4n) is 1.33. The summed E-state index contributed by atoms with van der Waals surface area (Å²) in [6.07, 6.45) is -4.82. The van der Waals surface area contributed by atoms with Gasteiger partial charge < -0.3 is 0 Å². The first kappa shape index (κ1) is 11.6. The first-order valence-electron chi connectivity index (χ1n) is 4.18. The zero-order valence-electron chi connectivity index (χ0n) is 7.64. The van der Waals surface area contributed by atoms with Gasteiger partial charge in [0.05, 0.1) is 0 Å². The minimum atomic E-state index is -4.82. The molecule has 0 aliphatic rings. The molecule has 84 valence electrons. The van der Waals surface area contributed by atoms with Gasteiger partial charge in [0.15, 0.2) is 0 Å². The molecule has 0 bridgehead atoms. The molecule has 0 atom stereocenters. The van der Waals surface area contributed by atoms with Gasteiger partial charge in [0.2, 0.25) is 0 Å². The van der Waals surface area contributed by atoms with Gasteiger partial charge in [-0.25, -0.2) is 0 Å². The number of fused-ring (bicyclic) bond motifs is 1. The lowest BCUT2D eigenvalue weighted by Gasteiger charge is -2.03. The number of ketones is 1. The molecule has 0 saturated heterocycles. The maximum absolute atomic E-state index is 12.3. The van der Waals surface area contributed by atoms with Crippen molar-refractivity contribution in [1.29, 1.82) is 0 Å². The second-order valence-electron chi connectivity index (χ2n) is 3.12. The van der Waals surface area contributed by atoms with E-state index in [1.807, 2.05) is 0 Å². The third-order valence-corrected chi connectivity index (χ3v) is 3.48. The van der Waals surface area contributed by atoms with Gasteiger partial charge in [0.1, 0.15) is 0 Å². The molecule has 0 aliphatic carbocycles. The molecule has 2 aromatic rings. The van der Waals surface area contributed by atoms with Crippen molar-refractivity contribution in [2.45, 2.75) is 6.18 Å². The van der Waals surface area contributed by atoms with E-state index in [9.17, 15) is 18.0 Å². The molecule has 1 heterocycles. The number of alkyl halides is 3. The quantitative estimate of drug-likeness (QED) is 0.713. The van der Waals surface area contributed by atoms with Crippen LogP contribution < -0.4 is 0 Å². The molecule has 16 heavy (non-hydrogen) atoms. The summed E-state index contributed by atoms with van der Waals surface area (Å²) in [4.78, 5) is 11.1. The predicted octanol–water partition coefficient (Wildman–Crippen LogP) is 4.41. The molecule has 1 nitrogen and oxygen atoms in total. The maximum atomic E-state index is 12.3. The molecule has 0 aliphatic heterocycles. The fraction of sp³-hybridized carbons (Fsp3) is 0.100. The zero-order valence-corrected chi connectivity index (χ0v) is 10.0. The Labute approximate surface area is 101 Å². The number of hydrogen-bond donors (Lipinski definition) is 0. The highest BCUT2D eigenvalue weighted by molar-refractivity contribution is 9.10. The normalized spacial score (nSPS) is 12.0. The lowest BCUT2D eigenvalue weighted by molar-refractivity contribution is -0.0883. The van der Waals surface area contributed by atoms with Crippen molar-refractivity contribution < 1.29 is 18.0 Å². The van der Waals surface area contributed by atoms with Crippen LogP contribution in [0.15, 0.2) is 28.1 Å². The van der Waals surface area contributed by atoms with Crippen molar-refractivity contribution >= 4 is 43.1 Å². The summed E-state index contributed by atoms with van der Waals surface area (Å²) in [6.45, 7) is 0. The summed E-state index contributed by atoms with van der Waals surface area (Å²) in [6, 6.07) is 4.81. The Hall–Kier alpha value is -0.880. The molecule has 6 heteroatoms.